The van der Waals surface area contributed by atoms with E-state index < -0.39 is 11.6 Å². The van der Waals surface area contributed by atoms with E-state index in [9.17, 15) is 13.9 Å². The summed E-state index contributed by atoms with van der Waals surface area (Å²) in [6, 6.07) is 3.45. The van der Waals surface area contributed by atoms with Crippen LogP contribution in [-0.2, 0) is 6.54 Å². The van der Waals surface area contributed by atoms with E-state index in [1.807, 2.05) is 6.92 Å². The lowest BCUT2D eigenvalue weighted by atomic mass is 10.2. The van der Waals surface area contributed by atoms with Gasteiger partial charge in [0.2, 0.25) is 0 Å². The van der Waals surface area contributed by atoms with Gasteiger partial charge in [0.05, 0.1) is 6.10 Å². The lowest BCUT2D eigenvalue weighted by Crippen LogP contribution is -2.19. The molecule has 0 fully saturated rings. The molecular formula is C12H17F2NO. The maximum atomic E-state index is 12.8. The van der Waals surface area contributed by atoms with Gasteiger partial charge in [0.1, 0.15) is 11.6 Å². The van der Waals surface area contributed by atoms with Crippen molar-refractivity contribution in [2.45, 2.75) is 32.4 Å². The molecule has 0 saturated carbocycles. The summed E-state index contributed by atoms with van der Waals surface area (Å²) in [4.78, 5) is 0. The molecule has 4 heteroatoms. The normalized spacial score (nSPS) is 12.8. The van der Waals surface area contributed by atoms with E-state index in [0.717, 1.165) is 12.5 Å². The number of nitrogens with one attached hydrogen (secondary N) is 1. The van der Waals surface area contributed by atoms with Crippen LogP contribution in [0, 0.1) is 11.6 Å². The number of rotatable bonds is 6. The van der Waals surface area contributed by atoms with Crippen LogP contribution in [0.2, 0.25) is 0 Å². The second-order valence-electron chi connectivity index (χ2n) is 3.81. The number of aliphatic hydroxyl groups excluding tert-OH is 1. The molecule has 0 bridgehead atoms. The average Bonchev–Trinajstić information content (AvgIpc) is 2.22. The van der Waals surface area contributed by atoms with Crippen LogP contribution in [0.15, 0.2) is 18.2 Å². The average molecular weight is 229 g/mol. The molecule has 0 amide bonds. The van der Waals surface area contributed by atoms with E-state index in [2.05, 4.69) is 5.32 Å². The minimum Gasteiger partial charge on any atom is -0.393 e. The Kier molecular flexibility index (Phi) is 5.35. The molecule has 1 rings (SSSR count). The van der Waals surface area contributed by atoms with Gasteiger partial charge in [-0.3, -0.25) is 0 Å². The summed E-state index contributed by atoms with van der Waals surface area (Å²) in [7, 11) is 0. The smallest absolute Gasteiger partial charge is 0.126 e. The van der Waals surface area contributed by atoms with E-state index in [-0.39, 0.29) is 6.10 Å². The predicted octanol–water partition coefficient (Wildman–Crippen LogP) is 2.22. The van der Waals surface area contributed by atoms with Crippen molar-refractivity contribution >= 4 is 0 Å². The Balaban J connectivity index is 2.32. The zero-order chi connectivity index (χ0) is 12.0. The SMILES string of the molecule is CCC(O)CCNCc1cc(F)cc(F)c1. The fourth-order valence-electron chi connectivity index (χ4n) is 1.42. The Hall–Kier alpha value is -1.00. The second-order valence-corrected chi connectivity index (χ2v) is 3.81. The number of hydrogen-bond donors (Lipinski definition) is 2. The van der Waals surface area contributed by atoms with E-state index >= 15 is 0 Å². The highest BCUT2D eigenvalue weighted by Crippen LogP contribution is 2.07. The highest BCUT2D eigenvalue weighted by molar-refractivity contribution is 5.17. The van der Waals surface area contributed by atoms with Gasteiger partial charge in [-0.05, 0) is 37.1 Å². The van der Waals surface area contributed by atoms with Crippen molar-refractivity contribution in [2.24, 2.45) is 0 Å². The first kappa shape index (κ1) is 13.1. The number of halogens is 2. The molecule has 2 nitrogen and oxygen atoms in total. The first-order chi connectivity index (χ1) is 7.61. The fraction of sp³-hybridized carbons (Fsp3) is 0.500. The maximum Gasteiger partial charge on any atom is 0.126 e. The molecule has 0 heterocycles. The van der Waals surface area contributed by atoms with Crippen molar-refractivity contribution in [3.8, 4) is 0 Å². The van der Waals surface area contributed by atoms with Crippen LogP contribution in [0.3, 0.4) is 0 Å². The van der Waals surface area contributed by atoms with Gasteiger partial charge in [0.25, 0.3) is 0 Å². The first-order valence-electron chi connectivity index (χ1n) is 5.45. The summed E-state index contributed by atoms with van der Waals surface area (Å²) in [6.07, 6.45) is 1.06. The van der Waals surface area contributed by atoms with Gasteiger partial charge in [-0.15, -0.1) is 0 Å². The molecular weight excluding hydrogens is 212 g/mol. The molecule has 2 N–H and O–H groups in total. The van der Waals surface area contributed by atoms with Gasteiger partial charge < -0.3 is 10.4 Å². The Labute approximate surface area is 94.3 Å². The maximum absolute atomic E-state index is 12.8. The zero-order valence-corrected chi connectivity index (χ0v) is 9.34. The second kappa shape index (κ2) is 6.55. The Morgan fingerprint density at radius 3 is 2.44 bits per heavy atom. The fourth-order valence-corrected chi connectivity index (χ4v) is 1.42. The predicted molar refractivity (Wildman–Crippen MR) is 59.0 cm³/mol. The number of benzene rings is 1. The van der Waals surface area contributed by atoms with E-state index in [0.29, 0.717) is 25.1 Å². The number of hydrogen-bond acceptors (Lipinski definition) is 2. The van der Waals surface area contributed by atoms with Gasteiger partial charge in [-0.25, -0.2) is 8.78 Å². The summed E-state index contributed by atoms with van der Waals surface area (Å²) in [6.45, 7) is 2.95. The molecule has 0 aliphatic carbocycles. The molecule has 1 aromatic rings. The molecule has 0 saturated heterocycles. The Morgan fingerprint density at radius 2 is 1.88 bits per heavy atom. The van der Waals surface area contributed by atoms with Crippen LogP contribution < -0.4 is 5.32 Å². The molecule has 0 aliphatic rings. The van der Waals surface area contributed by atoms with Crippen LogP contribution in [0.4, 0.5) is 8.78 Å². The molecule has 1 aromatic carbocycles. The van der Waals surface area contributed by atoms with Crippen molar-refractivity contribution in [3.63, 3.8) is 0 Å². The highest BCUT2D eigenvalue weighted by Gasteiger charge is 2.02. The van der Waals surface area contributed by atoms with E-state index in [4.69, 9.17) is 0 Å². The van der Waals surface area contributed by atoms with Gasteiger partial charge in [-0.1, -0.05) is 6.92 Å². The van der Waals surface area contributed by atoms with Gasteiger partial charge in [-0.2, -0.15) is 0 Å². The first-order valence-corrected chi connectivity index (χ1v) is 5.45. The van der Waals surface area contributed by atoms with Crippen LogP contribution in [0.25, 0.3) is 0 Å². The van der Waals surface area contributed by atoms with Crippen molar-refractivity contribution < 1.29 is 13.9 Å². The molecule has 16 heavy (non-hydrogen) atoms. The summed E-state index contributed by atoms with van der Waals surface area (Å²) in [5.41, 5.74) is 0.573. The minimum absolute atomic E-state index is 0.309. The largest absolute Gasteiger partial charge is 0.393 e. The quantitative estimate of drug-likeness (QED) is 0.733. The third-order valence-electron chi connectivity index (χ3n) is 2.38. The van der Waals surface area contributed by atoms with E-state index in [1.54, 1.807) is 0 Å². The molecule has 1 atom stereocenters. The molecule has 1 unspecified atom stereocenters. The highest BCUT2D eigenvalue weighted by atomic mass is 19.1. The lowest BCUT2D eigenvalue weighted by molar-refractivity contribution is 0.159. The molecule has 0 spiro atoms. The van der Waals surface area contributed by atoms with Crippen LogP contribution in [0.5, 0.6) is 0 Å². The minimum atomic E-state index is -0.564. The van der Waals surface area contributed by atoms with Gasteiger partial charge in [0, 0.05) is 12.6 Å². The van der Waals surface area contributed by atoms with Crippen molar-refractivity contribution in [3.05, 3.63) is 35.4 Å². The van der Waals surface area contributed by atoms with E-state index in [1.165, 1.54) is 12.1 Å². The third kappa shape index (κ3) is 4.68. The van der Waals surface area contributed by atoms with Crippen molar-refractivity contribution in [1.82, 2.24) is 5.32 Å². The zero-order valence-electron chi connectivity index (χ0n) is 9.34. The van der Waals surface area contributed by atoms with Gasteiger partial charge >= 0.3 is 0 Å². The standard InChI is InChI=1S/C12H17F2NO/c1-2-12(16)3-4-15-8-9-5-10(13)7-11(14)6-9/h5-7,12,15-16H,2-4,8H2,1H3. The summed E-state index contributed by atoms with van der Waals surface area (Å²) in [5.74, 6) is -1.13. The monoisotopic (exact) mass is 229 g/mol. The molecule has 0 aliphatic heterocycles. The molecule has 90 valence electrons. The third-order valence-corrected chi connectivity index (χ3v) is 2.38. The van der Waals surface area contributed by atoms with Crippen molar-refractivity contribution in [1.29, 1.82) is 0 Å². The molecule has 0 radical (unpaired) electrons. The van der Waals surface area contributed by atoms with Gasteiger partial charge in [0.15, 0.2) is 0 Å². The lowest BCUT2D eigenvalue weighted by Gasteiger charge is -2.08. The molecule has 0 aromatic heterocycles. The van der Waals surface area contributed by atoms with Crippen LogP contribution in [-0.4, -0.2) is 17.8 Å². The van der Waals surface area contributed by atoms with Crippen LogP contribution >= 0.6 is 0 Å². The van der Waals surface area contributed by atoms with Crippen molar-refractivity contribution in [2.75, 3.05) is 6.54 Å². The topological polar surface area (TPSA) is 32.3 Å². The van der Waals surface area contributed by atoms with Crippen LogP contribution in [0.1, 0.15) is 25.3 Å². The Bertz CT molecular complexity index is 311. The summed E-state index contributed by atoms with van der Waals surface area (Å²) < 4.78 is 25.6. The number of aliphatic hydroxyl groups is 1. The Morgan fingerprint density at radius 1 is 1.25 bits per heavy atom. The summed E-state index contributed by atoms with van der Waals surface area (Å²) >= 11 is 0. The summed E-state index contributed by atoms with van der Waals surface area (Å²) in [5, 5.41) is 12.3.